The summed E-state index contributed by atoms with van der Waals surface area (Å²) in [5.41, 5.74) is 3.93. The zero-order chi connectivity index (χ0) is 24.2. The van der Waals surface area contributed by atoms with E-state index in [0.29, 0.717) is 35.5 Å². The standard InChI is InChI=1S/C30H48O3/c1-20(9-8-15-27(3,4)5)24-12-13-25-23-11-10-22-19-30(32,33-21(2)31)18-17-28(22,6)26(23)14-16-29(24,25)7/h10-11,20,24-26,32H,8-9,12-19H2,1-7H3/t20-,24-,25+,26+,28+,29-,30+/m1/s1. The largest absolute Gasteiger partial charge is 0.433 e. The van der Waals surface area contributed by atoms with Crippen molar-refractivity contribution in [3.8, 4) is 0 Å². The average molecular weight is 457 g/mol. The van der Waals surface area contributed by atoms with Gasteiger partial charge >= 0.3 is 5.97 Å². The Bertz CT molecular complexity index is 832. The summed E-state index contributed by atoms with van der Waals surface area (Å²) in [6.07, 6.45) is 15.9. The normalized spacial score (nSPS) is 41.3. The lowest BCUT2D eigenvalue weighted by Crippen LogP contribution is -2.49. The number of esters is 1. The van der Waals surface area contributed by atoms with E-state index in [1.807, 2.05) is 0 Å². The molecule has 4 aliphatic rings. The van der Waals surface area contributed by atoms with E-state index in [0.717, 1.165) is 18.3 Å². The van der Waals surface area contributed by atoms with E-state index >= 15 is 0 Å². The number of hydrogen-bond acceptors (Lipinski definition) is 3. The van der Waals surface area contributed by atoms with E-state index in [1.165, 1.54) is 57.4 Å². The SMILES string of the molecule is CC(=O)O[C@@]1(O)CC[C@@]2(C)C(=CC=C3[C@@H]4CC[C@H]([C@H](C)CCCC(C)(C)C)[C@@]4(C)CC[C@@H]32)C1. The molecule has 0 spiro atoms. The third kappa shape index (κ3) is 4.60. The van der Waals surface area contributed by atoms with Crippen LogP contribution in [0, 0.1) is 39.9 Å². The molecule has 3 saturated carbocycles. The van der Waals surface area contributed by atoms with Crippen molar-refractivity contribution < 1.29 is 14.6 Å². The minimum Gasteiger partial charge on any atom is -0.433 e. The van der Waals surface area contributed by atoms with Crippen LogP contribution in [0.1, 0.15) is 113 Å². The van der Waals surface area contributed by atoms with Gasteiger partial charge in [-0.05, 0) is 78.4 Å². The lowest BCUT2D eigenvalue weighted by Gasteiger charge is -2.56. The molecule has 3 fully saturated rings. The first kappa shape index (κ1) is 25.0. The number of hydrogen-bond donors (Lipinski definition) is 1. The molecule has 33 heavy (non-hydrogen) atoms. The number of carbonyl (C=O) groups excluding carboxylic acids is 1. The fourth-order valence-electron chi connectivity index (χ4n) is 8.45. The molecule has 0 bridgehead atoms. The Kier molecular flexibility index (Phi) is 6.47. The van der Waals surface area contributed by atoms with Gasteiger partial charge in [-0.25, -0.2) is 0 Å². The van der Waals surface area contributed by atoms with Crippen molar-refractivity contribution in [3.63, 3.8) is 0 Å². The average Bonchev–Trinajstić information content (AvgIpc) is 3.04. The molecule has 4 rings (SSSR count). The maximum Gasteiger partial charge on any atom is 0.305 e. The van der Waals surface area contributed by atoms with Gasteiger partial charge in [0.05, 0.1) is 0 Å². The Labute approximate surface area is 202 Å². The third-order valence-corrected chi connectivity index (χ3v) is 10.3. The van der Waals surface area contributed by atoms with E-state index in [-0.39, 0.29) is 5.41 Å². The molecule has 1 N–H and O–H groups in total. The Morgan fingerprint density at radius 1 is 1.12 bits per heavy atom. The van der Waals surface area contributed by atoms with E-state index in [1.54, 1.807) is 5.57 Å². The van der Waals surface area contributed by atoms with Gasteiger partial charge in [-0.1, -0.05) is 77.7 Å². The molecule has 0 amide bonds. The van der Waals surface area contributed by atoms with Crippen LogP contribution in [-0.4, -0.2) is 16.9 Å². The molecule has 0 aromatic carbocycles. The number of ether oxygens (including phenoxy) is 1. The van der Waals surface area contributed by atoms with Gasteiger partial charge in [0.25, 0.3) is 0 Å². The van der Waals surface area contributed by atoms with Gasteiger partial charge in [-0.2, -0.15) is 0 Å². The second kappa shape index (κ2) is 8.54. The topological polar surface area (TPSA) is 46.5 Å². The molecular weight excluding hydrogens is 408 g/mol. The highest BCUT2D eigenvalue weighted by Gasteiger charge is 2.58. The van der Waals surface area contributed by atoms with Crippen molar-refractivity contribution in [2.45, 2.75) is 118 Å². The fourth-order valence-corrected chi connectivity index (χ4v) is 8.45. The minimum absolute atomic E-state index is 0.0915. The second-order valence-electron chi connectivity index (χ2n) is 13.8. The molecule has 0 aromatic heterocycles. The summed E-state index contributed by atoms with van der Waals surface area (Å²) in [6.45, 7) is 16.0. The molecule has 186 valence electrons. The molecule has 0 saturated heterocycles. The van der Waals surface area contributed by atoms with Crippen LogP contribution in [0.2, 0.25) is 0 Å². The molecular formula is C30H48O3. The van der Waals surface area contributed by atoms with Crippen LogP contribution in [0.15, 0.2) is 23.3 Å². The monoisotopic (exact) mass is 456 g/mol. The Morgan fingerprint density at radius 3 is 2.52 bits per heavy atom. The highest BCUT2D eigenvalue weighted by molar-refractivity contribution is 5.66. The van der Waals surface area contributed by atoms with Crippen molar-refractivity contribution in [1.82, 2.24) is 0 Å². The summed E-state index contributed by atoms with van der Waals surface area (Å²) in [5.74, 6) is 1.20. The molecule has 0 aliphatic heterocycles. The van der Waals surface area contributed by atoms with Gasteiger partial charge in [0, 0.05) is 19.8 Å². The molecule has 0 radical (unpaired) electrons. The molecule has 3 heteroatoms. The molecule has 0 aromatic rings. The summed E-state index contributed by atoms with van der Waals surface area (Å²) < 4.78 is 5.34. The van der Waals surface area contributed by atoms with Crippen LogP contribution < -0.4 is 0 Å². The van der Waals surface area contributed by atoms with Gasteiger partial charge in [0.2, 0.25) is 5.79 Å². The van der Waals surface area contributed by atoms with Crippen LogP contribution in [0.5, 0.6) is 0 Å². The van der Waals surface area contributed by atoms with Crippen molar-refractivity contribution in [3.05, 3.63) is 23.3 Å². The number of carbonyl (C=O) groups is 1. The smallest absolute Gasteiger partial charge is 0.305 e. The third-order valence-electron chi connectivity index (χ3n) is 10.3. The van der Waals surface area contributed by atoms with Crippen LogP contribution in [0.4, 0.5) is 0 Å². The second-order valence-corrected chi connectivity index (χ2v) is 13.8. The van der Waals surface area contributed by atoms with Crippen molar-refractivity contribution in [2.24, 2.45) is 39.9 Å². The van der Waals surface area contributed by atoms with Gasteiger partial charge in [0.1, 0.15) is 0 Å². The lowest BCUT2D eigenvalue weighted by molar-refractivity contribution is -0.219. The zero-order valence-corrected chi connectivity index (χ0v) is 22.3. The Morgan fingerprint density at radius 2 is 1.85 bits per heavy atom. The molecule has 0 unspecified atom stereocenters. The lowest BCUT2D eigenvalue weighted by atomic mass is 9.49. The highest BCUT2D eigenvalue weighted by Crippen LogP contribution is 2.66. The number of allylic oxidation sites excluding steroid dienone is 3. The van der Waals surface area contributed by atoms with Crippen LogP contribution in [-0.2, 0) is 9.53 Å². The summed E-state index contributed by atoms with van der Waals surface area (Å²) in [5, 5.41) is 10.9. The van der Waals surface area contributed by atoms with Gasteiger partial charge < -0.3 is 9.84 Å². The van der Waals surface area contributed by atoms with Crippen molar-refractivity contribution in [1.29, 1.82) is 0 Å². The first-order chi connectivity index (χ1) is 15.3. The molecule has 3 nitrogen and oxygen atoms in total. The van der Waals surface area contributed by atoms with Gasteiger partial charge in [0.15, 0.2) is 0 Å². The fraction of sp³-hybridized carbons (Fsp3) is 0.833. The van der Waals surface area contributed by atoms with E-state index in [4.69, 9.17) is 4.74 Å². The Hall–Kier alpha value is -1.09. The summed E-state index contributed by atoms with van der Waals surface area (Å²) in [4.78, 5) is 11.5. The maximum atomic E-state index is 11.5. The van der Waals surface area contributed by atoms with E-state index < -0.39 is 11.8 Å². The Balaban J connectivity index is 1.52. The highest BCUT2D eigenvalue weighted by atomic mass is 16.7. The van der Waals surface area contributed by atoms with Crippen molar-refractivity contribution in [2.75, 3.05) is 0 Å². The zero-order valence-electron chi connectivity index (χ0n) is 22.3. The molecule has 7 atom stereocenters. The summed E-state index contributed by atoms with van der Waals surface area (Å²) in [6, 6.07) is 0. The molecule has 4 aliphatic carbocycles. The quantitative estimate of drug-likeness (QED) is 0.342. The van der Waals surface area contributed by atoms with E-state index in [2.05, 4.69) is 53.7 Å². The van der Waals surface area contributed by atoms with Crippen molar-refractivity contribution >= 4 is 5.97 Å². The predicted octanol–water partition coefficient (Wildman–Crippen LogP) is 7.59. The van der Waals surface area contributed by atoms with Gasteiger partial charge in [-0.3, -0.25) is 4.79 Å². The van der Waals surface area contributed by atoms with Crippen LogP contribution in [0.25, 0.3) is 0 Å². The molecule has 0 heterocycles. The van der Waals surface area contributed by atoms with E-state index in [9.17, 15) is 9.90 Å². The predicted molar refractivity (Wildman–Crippen MR) is 134 cm³/mol. The maximum absolute atomic E-state index is 11.5. The van der Waals surface area contributed by atoms with Crippen LogP contribution in [0.3, 0.4) is 0 Å². The van der Waals surface area contributed by atoms with Crippen LogP contribution >= 0.6 is 0 Å². The first-order valence-electron chi connectivity index (χ1n) is 13.6. The first-order valence-corrected chi connectivity index (χ1v) is 13.6. The number of aliphatic hydroxyl groups is 1. The number of fused-ring (bicyclic) bond motifs is 5. The summed E-state index contributed by atoms with van der Waals surface area (Å²) >= 11 is 0. The summed E-state index contributed by atoms with van der Waals surface area (Å²) in [7, 11) is 0. The number of rotatable bonds is 5. The van der Waals surface area contributed by atoms with Gasteiger partial charge in [-0.15, -0.1) is 0 Å². The minimum atomic E-state index is -1.33.